The number of carbonyl (C=O) groups is 1. The molecule has 1 amide bonds. The summed E-state index contributed by atoms with van der Waals surface area (Å²) in [5.41, 5.74) is 0.834. The van der Waals surface area contributed by atoms with Gasteiger partial charge in [-0.2, -0.15) is 0 Å². The van der Waals surface area contributed by atoms with E-state index in [1.807, 2.05) is 18.2 Å². The summed E-state index contributed by atoms with van der Waals surface area (Å²) in [7, 11) is 0. The lowest BCUT2D eigenvalue weighted by Gasteiger charge is -2.38. The molecule has 120 valence electrons. The first-order chi connectivity index (χ1) is 11.1. The quantitative estimate of drug-likeness (QED) is 0.881. The SMILES string of the molecule is O=C(N[C@H](Cc1ccccn1)C1CC(O)C1)c1ccncc1F. The summed E-state index contributed by atoms with van der Waals surface area (Å²) in [5.74, 6) is -0.941. The van der Waals surface area contributed by atoms with Crippen LogP contribution in [0.4, 0.5) is 4.39 Å². The third-order valence-electron chi connectivity index (χ3n) is 4.21. The number of aromatic nitrogens is 2. The molecule has 0 aromatic carbocycles. The largest absolute Gasteiger partial charge is 0.393 e. The monoisotopic (exact) mass is 315 g/mol. The third-order valence-corrected chi connectivity index (χ3v) is 4.21. The molecule has 1 fully saturated rings. The minimum atomic E-state index is -0.643. The number of rotatable bonds is 5. The van der Waals surface area contributed by atoms with Gasteiger partial charge in [0.1, 0.15) is 0 Å². The summed E-state index contributed by atoms with van der Waals surface area (Å²) in [4.78, 5) is 20.3. The highest BCUT2D eigenvalue weighted by Crippen LogP contribution is 2.31. The van der Waals surface area contributed by atoms with Crippen LogP contribution in [0.2, 0.25) is 0 Å². The van der Waals surface area contributed by atoms with Gasteiger partial charge in [0.25, 0.3) is 5.91 Å². The van der Waals surface area contributed by atoms with Crippen LogP contribution in [0.1, 0.15) is 28.9 Å². The summed E-state index contributed by atoms with van der Waals surface area (Å²) in [6, 6.07) is 6.78. The Kier molecular flexibility index (Phi) is 4.62. The highest BCUT2D eigenvalue weighted by Gasteiger charge is 2.35. The Labute approximate surface area is 133 Å². The predicted molar refractivity (Wildman–Crippen MR) is 82.1 cm³/mol. The summed E-state index contributed by atoms with van der Waals surface area (Å²) in [5, 5.41) is 12.4. The van der Waals surface area contributed by atoms with E-state index in [0.717, 1.165) is 11.9 Å². The van der Waals surface area contributed by atoms with Gasteiger partial charge in [-0.15, -0.1) is 0 Å². The average molecular weight is 315 g/mol. The molecule has 23 heavy (non-hydrogen) atoms. The number of pyridine rings is 2. The topological polar surface area (TPSA) is 75.1 Å². The maximum absolute atomic E-state index is 13.7. The Bertz CT molecular complexity index is 675. The molecule has 0 unspecified atom stereocenters. The summed E-state index contributed by atoms with van der Waals surface area (Å²) in [6.45, 7) is 0. The van der Waals surface area contributed by atoms with Crippen LogP contribution in [-0.4, -0.2) is 33.1 Å². The van der Waals surface area contributed by atoms with E-state index in [1.165, 1.54) is 12.3 Å². The van der Waals surface area contributed by atoms with Crippen molar-refractivity contribution >= 4 is 5.91 Å². The fourth-order valence-corrected chi connectivity index (χ4v) is 2.84. The second-order valence-electron chi connectivity index (χ2n) is 5.85. The van der Waals surface area contributed by atoms with Gasteiger partial charge in [0.2, 0.25) is 0 Å². The fourth-order valence-electron chi connectivity index (χ4n) is 2.84. The number of aliphatic hydroxyl groups excluding tert-OH is 1. The summed E-state index contributed by atoms with van der Waals surface area (Å²) >= 11 is 0. The Morgan fingerprint density at radius 3 is 2.83 bits per heavy atom. The van der Waals surface area contributed by atoms with Gasteiger partial charge in [0.05, 0.1) is 17.9 Å². The Balaban J connectivity index is 1.73. The van der Waals surface area contributed by atoms with Crippen molar-refractivity contribution in [1.82, 2.24) is 15.3 Å². The average Bonchev–Trinajstić information content (AvgIpc) is 2.52. The summed E-state index contributed by atoms with van der Waals surface area (Å²) in [6.07, 6.45) is 5.62. The van der Waals surface area contributed by atoms with Crippen LogP contribution in [0.5, 0.6) is 0 Å². The number of carbonyl (C=O) groups excluding carboxylic acids is 1. The van der Waals surface area contributed by atoms with Gasteiger partial charge in [-0.3, -0.25) is 14.8 Å². The van der Waals surface area contributed by atoms with Crippen molar-refractivity contribution in [2.45, 2.75) is 31.4 Å². The zero-order valence-corrected chi connectivity index (χ0v) is 12.5. The molecule has 1 saturated carbocycles. The Morgan fingerprint density at radius 2 is 2.17 bits per heavy atom. The van der Waals surface area contributed by atoms with E-state index >= 15 is 0 Å². The van der Waals surface area contributed by atoms with E-state index in [2.05, 4.69) is 15.3 Å². The number of nitrogens with one attached hydrogen (secondary N) is 1. The van der Waals surface area contributed by atoms with E-state index in [1.54, 1.807) is 6.20 Å². The van der Waals surface area contributed by atoms with Gasteiger partial charge >= 0.3 is 0 Å². The molecule has 1 aliphatic carbocycles. The van der Waals surface area contributed by atoms with Crippen LogP contribution in [0.25, 0.3) is 0 Å². The second-order valence-corrected chi connectivity index (χ2v) is 5.85. The maximum atomic E-state index is 13.7. The fraction of sp³-hybridized carbons (Fsp3) is 0.353. The first-order valence-electron chi connectivity index (χ1n) is 7.62. The molecule has 2 aromatic heterocycles. The van der Waals surface area contributed by atoms with Gasteiger partial charge in [0.15, 0.2) is 5.82 Å². The number of amides is 1. The zero-order valence-electron chi connectivity index (χ0n) is 12.5. The van der Waals surface area contributed by atoms with Crippen LogP contribution >= 0.6 is 0 Å². The van der Waals surface area contributed by atoms with Crippen LogP contribution < -0.4 is 5.32 Å². The highest BCUT2D eigenvalue weighted by molar-refractivity contribution is 5.94. The first-order valence-corrected chi connectivity index (χ1v) is 7.62. The molecule has 0 spiro atoms. The Morgan fingerprint density at radius 1 is 1.35 bits per heavy atom. The molecular weight excluding hydrogens is 297 g/mol. The Hall–Kier alpha value is -2.34. The molecule has 0 bridgehead atoms. The lowest BCUT2D eigenvalue weighted by Crippen LogP contribution is -2.48. The molecule has 5 nitrogen and oxygen atoms in total. The van der Waals surface area contributed by atoms with Crippen molar-refractivity contribution in [3.8, 4) is 0 Å². The molecule has 0 saturated heterocycles. The smallest absolute Gasteiger partial charge is 0.254 e. The van der Waals surface area contributed by atoms with Crippen molar-refractivity contribution in [1.29, 1.82) is 0 Å². The van der Waals surface area contributed by atoms with Gasteiger partial charge in [0, 0.05) is 30.6 Å². The minimum Gasteiger partial charge on any atom is -0.393 e. The van der Waals surface area contributed by atoms with Crippen LogP contribution in [0, 0.1) is 11.7 Å². The molecule has 2 N–H and O–H groups in total. The molecule has 1 atom stereocenters. The molecule has 1 aliphatic rings. The maximum Gasteiger partial charge on any atom is 0.254 e. The van der Waals surface area contributed by atoms with Crippen LogP contribution in [0.15, 0.2) is 42.9 Å². The number of nitrogens with zero attached hydrogens (tertiary/aromatic N) is 2. The van der Waals surface area contributed by atoms with Crippen molar-refractivity contribution in [2.24, 2.45) is 5.92 Å². The van der Waals surface area contributed by atoms with E-state index in [-0.39, 0.29) is 23.6 Å². The normalized spacial score (nSPS) is 21.3. The number of aliphatic hydroxyl groups is 1. The number of halogens is 1. The van der Waals surface area contributed by atoms with E-state index in [0.29, 0.717) is 19.3 Å². The van der Waals surface area contributed by atoms with Crippen molar-refractivity contribution in [3.05, 3.63) is 59.9 Å². The lowest BCUT2D eigenvalue weighted by molar-refractivity contribution is 0.0237. The van der Waals surface area contributed by atoms with Crippen molar-refractivity contribution in [2.75, 3.05) is 0 Å². The zero-order chi connectivity index (χ0) is 16.2. The first kappa shape index (κ1) is 15.6. The van der Waals surface area contributed by atoms with Gasteiger partial charge in [-0.1, -0.05) is 6.07 Å². The number of hydrogen-bond acceptors (Lipinski definition) is 4. The molecule has 2 aromatic rings. The van der Waals surface area contributed by atoms with Crippen LogP contribution in [0.3, 0.4) is 0 Å². The lowest BCUT2D eigenvalue weighted by atomic mass is 9.76. The van der Waals surface area contributed by atoms with Gasteiger partial charge < -0.3 is 10.4 Å². The van der Waals surface area contributed by atoms with Gasteiger partial charge in [-0.05, 0) is 37.0 Å². The van der Waals surface area contributed by atoms with Crippen LogP contribution in [-0.2, 0) is 6.42 Å². The second kappa shape index (κ2) is 6.83. The van der Waals surface area contributed by atoms with Crippen molar-refractivity contribution < 1.29 is 14.3 Å². The molecule has 6 heteroatoms. The standard InChI is InChI=1S/C17H18FN3O2/c18-15-10-19-6-4-14(15)17(23)21-16(11-7-13(22)8-11)9-12-3-1-2-5-20-12/h1-6,10-11,13,16,22H,7-9H2,(H,21,23)/t11?,13?,16-/m1/s1. The predicted octanol–water partition coefficient (Wildman–Crippen LogP) is 1.73. The van der Waals surface area contributed by atoms with E-state index in [9.17, 15) is 14.3 Å². The molecule has 2 heterocycles. The molecule has 3 rings (SSSR count). The number of hydrogen-bond donors (Lipinski definition) is 2. The highest BCUT2D eigenvalue weighted by atomic mass is 19.1. The summed E-state index contributed by atoms with van der Waals surface area (Å²) < 4.78 is 13.7. The minimum absolute atomic E-state index is 0.0223. The van der Waals surface area contributed by atoms with E-state index in [4.69, 9.17) is 0 Å². The van der Waals surface area contributed by atoms with Crippen molar-refractivity contribution in [3.63, 3.8) is 0 Å². The van der Waals surface area contributed by atoms with E-state index < -0.39 is 11.7 Å². The molecule has 0 aliphatic heterocycles. The third kappa shape index (κ3) is 3.71. The molecular formula is C17H18FN3O2. The molecule has 0 radical (unpaired) electrons. The van der Waals surface area contributed by atoms with Gasteiger partial charge in [-0.25, -0.2) is 4.39 Å².